The topological polar surface area (TPSA) is 75.6 Å². The van der Waals surface area contributed by atoms with Gasteiger partial charge in [0.1, 0.15) is 12.4 Å². The van der Waals surface area contributed by atoms with Gasteiger partial charge in [-0.3, -0.25) is 4.79 Å². The Labute approximate surface area is 282 Å². The lowest BCUT2D eigenvalue weighted by Gasteiger charge is -2.18. The molecule has 0 bridgehead atoms. The van der Waals surface area contributed by atoms with Crippen LogP contribution in [0.3, 0.4) is 0 Å². The van der Waals surface area contributed by atoms with Gasteiger partial charge in [-0.2, -0.15) is 13.2 Å². The highest BCUT2D eigenvalue weighted by atomic mass is 35.5. The van der Waals surface area contributed by atoms with E-state index in [0.717, 1.165) is 56.1 Å². The van der Waals surface area contributed by atoms with Crippen LogP contribution >= 0.6 is 11.6 Å². The summed E-state index contributed by atoms with van der Waals surface area (Å²) < 4.78 is 44.7. The van der Waals surface area contributed by atoms with E-state index in [9.17, 15) is 27.9 Å². The summed E-state index contributed by atoms with van der Waals surface area (Å²) in [6, 6.07) is 26.1. The molecular weight excluding hydrogens is 639 g/mol. The lowest BCUT2D eigenvalue weighted by molar-refractivity contribution is -0.137. The smallest absolute Gasteiger partial charge is 0.416 e. The first-order valence-corrected chi connectivity index (χ1v) is 15.6. The SMILES string of the molecule is Cc1cc(-c2ccc(C(=O)Nc3cc(C(C)C)c(-c4ccc(COc5cccc(C(F)(F)F)c5)cc4)cc3C(=O)O)cc2)cc(C)c1Cl. The van der Waals surface area contributed by atoms with Crippen molar-refractivity contribution in [2.75, 3.05) is 5.32 Å². The lowest BCUT2D eigenvalue weighted by atomic mass is 9.89. The molecule has 0 aliphatic carbocycles. The summed E-state index contributed by atoms with van der Waals surface area (Å²) in [4.78, 5) is 25.7. The Bertz CT molecular complexity index is 1960. The van der Waals surface area contributed by atoms with Gasteiger partial charge in [0.25, 0.3) is 5.91 Å². The summed E-state index contributed by atoms with van der Waals surface area (Å²) in [5.41, 5.74) is 6.47. The number of carbonyl (C=O) groups excluding carboxylic acids is 1. The highest BCUT2D eigenvalue weighted by Crippen LogP contribution is 2.36. The second-order valence-electron chi connectivity index (χ2n) is 11.9. The number of carboxylic acids is 1. The summed E-state index contributed by atoms with van der Waals surface area (Å²) in [7, 11) is 0. The zero-order chi connectivity index (χ0) is 34.7. The van der Waals surface area contributed by atoms with E-state index in [1.165, 1.54) is 12.1 Å². The van der Waals surface area contributed by atoms with Crippen LogP contribution in [-0.2, 0) is 12.8 Å². The van der Waals surface area contributed by atoms with Crippen LogP contribution in [0.15, 0.2) is 97.1 Å². The van der Waals surface area contributed by atoms with Crippen LogP contribution in [0.25, 0.3) is 22.3 Å². The summed E-state index contributed by atoms with van der Waals surface area (Å²) in [6.45, 7) is 7.87. The maximum absolute atomic E-state index is 13.3. The minimum Gasteiger partial charge on any atom is -0.489 e. The third-order valence-corrected chi connectivity index (χ3v) is 8.64. The van der Waals surface area contributed by atoms with E-state index >= 15 is 0 Å². The number of anilines is 1. The van der Waals surface area contributed by atoms with Gasteiger partial charge < -0.3 is 15.2 Å². The number of benzene rings is 5. The van der Waals surface area contributed by atoms with Gasteiger partial charge in [-0.05, 0) is 119 Å². The fourth-order valence-electron chi connectivity index (χ4n) is 5.45. The summed E-state index contributed by atoms with van der Waals surface area (Å²) >= 11 is 6.32. The highest BCUT2D eigenvalue weighted by Gasteiger charge is 2.30. The molecule has 0 spiro atoms. The largest absolute Gasteiger partial charge is 0.489 e. The van der Waals surface area contributed by atoms with E-state index < -0.39 is 23.6 Å². The quantitative estimate of drug-likeness (QED) is 0.163. The number of halogens is 4. The summed E-state index contributed by atoms with van der Waals surface area (Å²) in [5.74, 6) is -1.56. The molecule has 0 atom stereocenters. The Morgan fingerprint density at radius 2 is 1.46 bits per heavy atom. The number of alkyl halides is 3. The Balaban J connectivity index is 1.36. The molecule has 0 saturated heterocycles. The van der Waals surface area contributed by atoms with Gasteiger partial charge >= 0.3 is 12.1 Å². The molecule has 5 aromatic rings. The van der Waals surface area contributed by atoms with Crippen molar-refractivity contribution in [1.82, 2.24) is 0 Å². The second-order valence-corrected chi connectivity index (χ2v) is 12.3. The molecule has 0 radical (unpaired) electrons. The third kappa shape index (κ3) is 7.72. The van der Waals surface area contributed by atoms with E-state index in [4.69, 9.17) is 16.3 Å². The predicted molar refractivity (Wildman–Crippen MR) is 183 cm³/mol. The molecule has 0 heterocycles. The number of ether oxygens (including phenoxy) is 1. The molecule has 246 valence electrons. The number of carboxylic acid groups (broad SMARTS) is 1. The van der Waals surface area contributed by atoms with Crippen LogP contribution in [0.5, 0.6) is 5.75 Å². The van der Waals surface area contributed by atoms with Crippen LogP contribution in [-0.4, -0.2) is 17.0 Å². The molecule has 48 heavy (non-hydrogen) atoms. The molecule has 0 unspecified atom stereocenters. The molecule has 1 amide bonds. The van der Waals surface area contributed by atoms with Crippen LogP contribution < -0.4 is 10.1 Å². The molecule has 9 heteroatoms. The summed E-state index contributed by atoms with van der Waals surface area (Å²) in [6.07, 6.45) is -4.47. The normalized spacial score (nSPS) is 11.4. The van der Waals surface area contributed by atoms with Gasteiger partial charge in [-0.1, -0.05) is 67.9 Å². The minimum absolute atomic E-state index is 0.0204. The van der Waals surface area contributed by atoms with Crippen molar-refractivity contribution < 1.29 is 32.6 Å². The van der Waals surface area contributed by atoms with Crippen LogP contribution in [0.4, 0.5) is 18.9 Å². The number of aryl methyl sites for hydroxylation is 2. The number of carbonyl (C=O) groups is 2. The first-order valence-electron chi connectivity index (χ1n) is 15.2. The van der Waals surface area contributed by atoms with E-state index in [1.807, 2.05) is 52.0 Å². The fourth-order valence-corrected chi connectivity index (χ4v) is 5.56. The average Bonchev–Trinajstić information content (AvgIpc) is 3.05. The third-order valence-electron chi connectivity index (χ3n) is 8.04. The molecule has 5 nitrogen and oxygen atoms in total. The Kier molecular flexibility index (Phi) is 9.96. The number of nitrogens with one attached hydrogen (secondary N) is 1. The van der Waals surface area contributed by atoms with Crippen LogP contribution in [0, 0.1) is 13.8 Å². The minimum atomic E-state index is -4.47. The zero-order valence-corrected chi connectivity index (χ0v) is 27.5. The predicted octanol–water partition coefficient (Wildman–Crippen LogP) is 11.0. The van der Waals surface area contributed by atoms with E-state index in [1.54, 1.807) is 48.5 Å². The van der Waals surface area contributed by atoms with Gasteiger partial charge in [0.15, 0.2) is 0 Å². The van der Waals surface area contributed by atoms with Crippen LogP contribution in [0.2, 0.25) is 5.02 Å². The molecule has 2 N–H and O–H groups in total. The highest BCUT2D eigenvalue weighted by molar-refractivity contribution is 6.32. The van der Waals surface area contributed by atoms with Gasteiger partial charge in [0, 0.05) is 10.6 Å². The number of rotatable bonds is 9. The Hall–Kier alpha value is -5.08. The Morgan fingerprint density at radius 1 is 0.833 bits per heavy atom. The Morgan fingerprint density at radius 3 is 2.04 bits per heavy atom. The maximum Gasteiger partial charge on any atom is 0.416 e. The molecule has 0 fully saturated rings. The maximum atomic E-state index is 13.3. The lowest BCUT2D eigenvalue weighted by Crippen LogP contribution is -2.15. The first-order chi connectivity index (χ1) is 22.7. The number of hydrogen-bond acceptors (Lipinski definition) is 3. The average molecular weight is 672 g/mol. The standard InChI is InChI=1S/C39H33ClF3NO4/c1-22(2)32-20-35(44-37(45)28-14-12-26(13-15-28)29-16-23(3)36(40)24(4)17-29)34(38(46)47)19-33(32)27-10-8-25(9-11-27)21-48-31-7-5-6-30(18-31)39(41,42)43/h5-20,22H,21H2,1-4H3,(H,44,45)(H,46,47). The van der Waals surface area contributed by atoms with Gasteiger partial charge in [0.05, 0.1) is 16.8 Å². The monoisotopic (exact) mass is 671 g/mol. The number of hydrogen-bond donors (Lipinski definition) is 2. The molecule has 5 rings (SSSR count). The van der Waals surface area contributed by atoms with Gasteiger partial charge in [-0.25, -0.2) is 4.79 Å². The van der Waals surface area contributed by atoms with E-state index in [0.29, 0.717) is 11.1 Å². The van der Waals surface area contributed by atoms with Crippen molar-refractivity contribution in [1.29, 1.82) is 0 Å². The van der Waals surface area contributed by atoms with E-state index in [-0.39, 0.29) is 29.5 Å². The fraction of sp³-hybridized carbons (Fsp3) is 0.179. The molecule has 5 aromatic carbocycles. The van der Waals surface area contributed by atoms with Crippen molar-refractivity contribution >= 4 is 29.2 Å². The van der Waals surface area contributed by atoms with Gasteiger partial charge in [-0.15, -0.1) is 0 Å². The number of aromatic carboxylic acids is 1. The van der Waals surface area contributed by atoms with Crippen molar-refractivity contribution in [2.45, 2.75) is 46.4 Å². The van der Waals surface area contributed by atoms with E-state index in [2.05, 4.69) is 5.32 Å². The van der Waals surface area contributed by atoms with Crippen LogP contribution in [0.1, 0.15) is 68.3 Å². The molecule has 0 saturated carbocycles. The van der Waals surface area contributed by atoms with Crippen molar-refractivity contribution in [3.05, 3.63) is 141 Å². The molecular formula is C39H33ClF3NO4. The molecule has 0 aromatic heterocycles. The zero-order valence-electron chi connectivity index (χ0n) is 26.7. The van der Waals surface area contributed by atoms with Crippen molar-refractivity contribution in [3.63, 3.8) is 0 Å². The number of amides is 1. The molecule has 0 aliphatic heterocycles. The molecule has 0 aliphatic rings. The second kappa shape index (κ2) is 14.0. The van der Waals surface area contributed by atoms with Gasteiger partial charge in [0.2, 0.25) is 0 Å². The van der Waals surface area contributed by atoms with Crippen molar-refractivity contribution in [2.24, 2.45) is 0 Å². The first kappa shape index (κ1) is 34.3. The van der Waals surface area contributed by atoms with Crippen molar-refractivity contribution in [3.8, 4) is 28.0 Å². The summed E-state index contributed by atoms with van der Waals surface area (Å²) in [5, 5.41) is 13.6.